The number of rotatable bonds is 4. The minimum Gasteiger partial charge on any atom is -0.337 e. The van der Waals surface area contributed by atoms with Crippen LogP contribution < -0.4 is 0 Å². The van der Waals surface area contributed by atoms with E-state index in [0.29, 0.717) is 30.9 Å². The third-order valence-corrected chi connectivity index (χ3v) is 5.46. The van der Waals surface area contributed by atoms with Crippen LogP contribution in [0.15, 0.2) is 11.7 Å². The number of hydrogen-bond donors (Lipinski definition) is 0. The lowest BCUT2D eigenvalue weighted by Gasteiger charge is -2.38. The molecular formula is C15H18N6O2S. The SMILES string of the molecule is Cc1ncsc1C(=O)N1CC(n2cc(CN3CCCC3=O)nn2)C1. The smallest absolute Gasteiger partial charge is 0.265 e. The number of carbonyl (C=O) groups is 2. The molecule has 2 aromatic heterocycles. The summed E-state index contributed by atoms with van der Waals surface area (Å²) in [7, 11) is 0. The first-order chi connectivity index (χ1) is 11.6. The second-order valence-corrected chi connectivity index (χ2v) is 7.09. The van der Waals surface area contributed by atoms with E-state index in [4.69, 9.17) is 0 Å². The van der Waals surface area contributed by atoms with Gasteiger partial charge in [0.05, 0.1) is 30.0 Å². The van der Waals surface area contributed by atoms with Gasteiger partial charge in [-0.2, -0.15) is 0 Å². The fourth-order valence-electron chi connectivity index (χ4n) is 3.07. The number of aryl methyl sites for hydroxylation is 1. The summed E-state index contributed by atoms with van der Waals surface area (Å²) in [5.74, 6) is 0.221. The molecule has 0 saturated carbocycles. The number of nitrogens with zero attached hydrogens (tertiary/aromatic N) is 6. The minimum absolute atomic E-state index is 0.0363. The molecule has 0 aliphatic carbocycles. The number of thiazole rings is 1. The summed E-state index contributed by atoms with van der Waals surface area (Å²) in [4.78, 5) is 32.5. The average Bonchev–Trinajstić information content (AvgIpc) is 3.22. The van der Waals surface area contributed by atoms with Crippen LogP contribution in [0.4, 0.5) is 0 Å². The molecule has 2 saturated heterocycles. The molecule has 2 amide bonds. The lowest BCUT2D eigenvalue weighted by atomic mass is 10.1. The molecule has 8 nitrogen and oxygen atoms in total. The molecule has 2 fully saturated rings. The molecule has 126 valence electrons. The van der Waals surface area contributed by atoms with Gasteiger partial charge in [-0.25, -0.2) is 9.67 Å². The van der Waals surface area contributed by atoms with E-state index in [-0.39, 0.29) is 17.9 Å². The summed E-state index contributed by atoms with van der Waals surface area (Å²) in [6.07, 6.45) is 3.44. The van der Waals surface area contributed by atoms with Crippen molar-refractivity contribution in [3.05, 3.63) is 28.0 Å². The van der Waals surface area contributed by atoms with Crippen molar-refractivity contribution in [3.63, 3.8) is 0 Å². The van der Waals surface area contributed by atoms with Gasteiger partial charge in [0.25, 0.3) is 5.91 Å². The van der Waals surface area contributed by atoms with Crippen LogP contribution in [0.1, 0.15) is 39.9 Å². The van der Waals surface area contributed by atoms with Crippen LogP contribution in [0.3, 0.4) is 0 Å². The molecule has 2 aliphatic heterocycles. The number of carbonyl (C=O) groups excluding carboxylic acids is 2. The predicted molar refractivity (Wildman–Crippen MR) is 86.5 cm³/mol. The molecule has 0 spiro atoms. The summed E-state index contributed by atoms with van der Waals surface area (Å²) >= 11 is 1.38. The molecule has 0 radical (unpaired) electrons. The maximum atomic E-state index is 12.4. The molecule has 0 N–H and O–H groups in total. The molecule has 9 heteroatoms. The maximum absolute atomic E-state index is 12.4. The zero-order valence-corrected chi connectivity index (χ0v) is 14.2. The fraction of sp³-hybridized carbons (Fsp3) is 0.533. The van der Waals surface area contributed by atoms with Crippen molar-refractivity contribution in [3.8, 4) is 0 Å². The molecule has 24 heavy (non-hydrogen) atoms. The van der Waals surface area contributed by atoms with Crippen molar-refractivity contribution >= 4 is 23.2 Å². The lowest BCUT2D eigenvalue weighted by Crippen LogP contribution is -2.50. The van der Waals surface area contributed by atoms with Crippen molar-refractivity contribution in [2.75, 3.05) is 19.6 Å². The second kappa shape index (κ2) is 5.97. The summed E-state index contributed by atoms with van der Waals surface area (Å²) in [5, 5.41) is 8.32. The third-order valence-electron chi connectivity index (χ3n) is 4.55. The standard InChI is InChI=1S/C15H18N6O2S/c1-10-14(24-9-16-10)15(23)20-7-12(8-20)21-6-11(17-18-21)5-19-4-2-3-13(19)22/h6,9,12H,2-5,7-8H2,1H3. The van der Waals surface area contributed by atoms with E-state index in [1.807, 2.05) is 18.0 Å². The quantitative estimate of drug-likeness (QED) is 0.820. The van der Waals surface area contributed by atoms with Crippen LogP contribution in [-0.4, -0.2) is 61.2 Å². The van der Waals surface area contributed by atoms with Crippen molar-refractivity contribution in [1.82, 2.24) is 29.8 Å². The molecule has 0 atom stereocenters. The molecule has 4 rings (SSSR count). The van der Waals surface area contributed by atoms with Gasteiger partial charge in [0.1, 0.15) is 10.6 Å². The number of amides is 2. The lowest BCUT2D eigenvalue weighted by molar-refractivity contribution is -0.128. The Labute approximate surface area is 143 Å². The van der Waals surface area contributed by atoms with E-state index in [1.165, 1.54) is 11.3 Å². The molecule has 4 heterocycles. The van der Waals surface area contributed by atoms with Gasteiger partial charge in [-0.05, 0) is 13.3 Å². The van der Waals surface area contributed by atoms with E-state index < -0.39 is 0 Å². The Morgan fingerprint density at radius 2 is 2.25 bits per heavy atom. The highest BCUT2D eigenvalue weighted by Gasteiger charge is 2.34. The Morgan fingerprint density at radius 3 is 2.92 bits per heavy atom. The predicted octanol–water partition coefficient (Wildman–Crippen LogP) is 0.863. The Kier molecular flexibility index (Phi) is 3.79. The van der Waals surface area contributed by atoms with Crippen LogP contribution in [0, 0.1) is 6.92 Å². The van der Waals surface area contributed by atoms with Gasteiger partial charge >= 0.3 is 0 Å². The number of likely N-dealkylation sites (tertiary alicyclic amines) is 2. The van der Waals surface area contributed by atoms with E-state index in [9.17, 15) is 9.59 Å². The Balaban J connectivity index is 1.35. The highest BCUT2D eigenvalue weighted by Crippen LogP contribution is 2.25. The average molecular weight is 346 g/mol. The molecule has 0 unspecified atom stereocenters. The molecule has 2 aromatic rings. The Morgan fingerprint density at radius 1 is 1.42 bits per heavy atom. The third kappa shape index (κ3) is 2.68. The zero-order chi connectivity index (χ0) is 16.7. The first-order valence-corrected chi connectivity index (χ1v) is 8.87. The fourth-order valence-corrected chi connectivity index (χ4v) is 3.84. The van der Waals surface area contributed by atoms with Gasteiger partial charge in [0.2, 0.25) is 5.91 Å². The Hall–Kier alpha value is -2.29. The van der Waals surface area contributed by atoms with Gasteiger partial charge < -0.3 is 9.80 Å². The summed E-state index contributed by atoms with van der Waals surface area (Å²) in [6.45, 7) is 4.42. The van der Waals surface area contributed by atoms with E-state index in [0.717, 1.165) is 24.4 Å². The largest absolute Gasteiger partial charge is 0.337 e. The van der Waals surface area contributed by atoms with Gasteiger partial charge in [0.15, 0.2) is 0 Å². The van der Waals surface area contributed by atoms with Crippen molar-refractivity contribution in [2.45, 2.75) is 32.4 Å². The van der Waals surface area contributed by atoms with Crippen LogP contribution in [0.25, 0.3) is 0 Å². The highest BCUT2D eigenvalue weighted by atomic mass is 32.1. The topological polar surface area (TPSA) is 84.2 Å². The zero-order valence-electron chi connectivity index (χ0n) is 13.4. The second-order valence-electron chi connectivity index (χ2n) is 6.24. The van der Waals surface area contributed by atoms with Crippen molar-refractivity contribution in [1.29, 1.82) is 0 Å². The van der Waals surface area contributed by atoms with Gasteiger partial charge in [-0.1, -0.05) is 5.21 Å². The molecular weight excluding hydrogens is 328 g/mol. The number of aromatic nitrogens is 4. The van der Waals surface area contributed by atoms with Gasteiger partial charge in [-0.15, -0.1) is 16.4 Å². The monoisotopic (exact) mass is 346 g/mol. The van der Waals surface area contributed by atoms with Gasteiger partial charge in [-0.3, -0.25) is 9.59 Å². The highest BCUT2D eigenvalue weighted by molar-refractivity contribution is 7.11. The summed E-state index contributed by atoms with van der Waals surface area (Å²) in [5.41, 5.74) is 3.28. The molecule has 2 aliphatic rings. The van der Waals surface area contributed by atoms with Crippen LogP contribution in [0.5, 0.6) is 0 Å². The van der Waals surface area contributed by atoms with Crippen molar-refractivity contribution in [2.24, 2.45) is 0 Å². The van der Waals surface area contributed by atoms with Crippen LogP contribution >= 0.6 is 11.3 Å². The first kappa shape index (κ1) is 15.3. The normalized spacial score (nSPS) is 18.3. The van der Waals surface area contributed by atoms with Crippen molar-refractivity contribution < 1.29 is 9.59 Å². The van der Waals surface area contributed by atoms with Crippen LogP contribution in [-0.2, 0) is 11.3 Å². The van der Waals surface area contributed by atoms with Gasteiger partial charge in [0, 0.05) is 26.1 Å². The summed E-state index contributed by atoms with van der Waals surface area (Å²) < 4.78 is 1.80. The summed E-state index contributed by atoms with van der Waals surface area (Å²) in [6, 6.07) is 0.151. The number of hydrogen-bond acceptors (Lipinski definition) is 6. The van der Waals surface area contributed by atoms with E-state index in [1.54, 1.807) is 15.1 Å². The first-order valence-electron chi connectivity index (χ1n) is 7.99. The maximum Gasteiger partial charge on any atom is 0.265 e. The van der Waals surface area contributed by atoms with Crippen LogP contribution in [0.2, 0.25) is 0 Å². The minimum atomic E-state index is 0.0363. The molecule has 0 aromatic carbocycles. The Bertz CT molecular complexity index is 779. The molecule has 0 bridgehead atoms. The van der Waals surface area contributed by atoms with E-state index in [2.05, 4.69) is 15.3 Å². The van der Waals surface area contributed by atoms with E-state index >= 15 is 0 Å².